The molecule has 0 aliphatic carbocycles. The van der Waals surface area contributed by atoms with E-state index in [-0.39, 0.29) is 5.69 Å². The van der Waals surface area contributed by atoms with Crippen LogP contribution in [0.2, 0.25) is 10.0 Å². The zero-order valence-electron chi connectivity index (χ0n) is 10.1. The van der Waals surface area contributed by atoms with Gasteiger partial charge in [-0.2, -0.15) is 0 Å². The highest BCUT2D eigenvalue weighted by Crippen LogP contribution is 2.28. The summed E-state index contributed by atoms with van der Waals surface area (Å²) >= 11 is 15.0. The normalized spacial score (nSPS) is 10.3. The Hall–Kier alpha value is -1.30. The lowest BCUT2D eigenvalue weighted by molar-refractivity contribution is -0.384. The Kier molecular flexibility index (Phi) is 4.86. The van der Waals surface area contributed by atoms with Gasteiger partial charge in [0.25, 0.3) is 5.69 Å². The molecular weight excluding hydrogens is 367 g/mol. The number of anilines is 1. The Morgan fingerprint density at radius 2 is 1.80 bits per heavy atom. The van der Waals surface area contributed by atoms with Crippen LogP contribution in [0.15, 0.2) is 40.9 Å². The lowest BCUT2D eigenvalue weighted by Crippen LogP contribution is -2.02. The average Bonchev–Trinajstić information content (AvgIpc) is 2.36. The molecular formula is C13H9BrCl2N2O2. The molecule has 0 spiro atoms. The largest absolute Gasteiger partial charge is 0.375 e. The van der Waals surface area contributed by atoms with Gasteiger partial charge in [0.05, 0.1) is 4.92 Å². The van der Waals surface area contributed by atoms with Crippen LogP contribution in [0.1, 0.15) is 5.56 Å². The molecule has 0 saturated heterocycles. The molecule has 2 aromatic carbocycles. The van der Waals surface area contributed by atoms with Gasteiger partial charge in [-0.25, -0.2) is 0 Å². The van der Waals surface area contributed by atoms with E-state index in [0.717, 1.165) is 5.56 Å². The molecule has 0 bridgehead atoms. The van der Waals surface area contributed by atoms with Crippen molar-refractivity contribution in [2.45, 2.75) is 6.54 Å². The number of hydrogen-bond acceptors (Lipinski definition) is 3. The minimum atomic E-state index is -0.432. The van der Waals surface area contributed by atoms with Gasteiger partial charge in [0.2, 0.25) is 0 Å². The van der Waals surface area contributed by atoms with E-state index in [1.807, 2.05) is 0 Å². The first-order chi connectivity index (χ1) is 9.45. The molecule has 0 fully saturated rings. The Balaban J connectivity index is 2.20. The molecule has 0 saturated carbocycles. The zero-order chi connectivity index (χ0) is 14.7. The lowest BCUT2D eigenvalue weighted by Gasteiger charge is -2.08. The van der Waals surface area contributed by atoms with Crippen molar-refractivity contribution < 1.29 is 4.92 Å². The van der Waals surface area contributed by atoms with Crippen LogP contribution in [0.3, 0.4) is 0 Å². The van der Waals surface area contributed by atoms with Gasteiger partial charge in [0.1, 0.15) is 5.69 Å². The molecule has 0 aromatic heterocycles. The maximum absolute atomic E-state index is 11.0. The molecule has 0 aliphatic heterocycles. The molecule has 20 heavy (non-hydrogen) atoms. The highest BCUT2D eigenvalue weighted by Gasteiger charge is 2.13. The van der Waals surface area contributed by atoms with Crippen LogP contribution in [0.5, 0.6) is 0 Å². The highest BCUT2D eigenvalue weighted by atomic mass is 79.9. The zero-order valence-corrected chi connectivity index (χ0v) is 13.2. The summed E-state index contributed by atoms with van der Waals surface area (Å²) < 4.78 is 0.653. The molecule has 104 valence electrons. The minimum Gasteiger partial charge on any atom is -0.375 e. The van der Waals surface area contributed by atoms with Crippen molar-refractivity contribution in [2.75, 3.05) is 5.32 Å². The summed E-state index contributed by atoms with van der Waals surface area (Å²) in [4.78, 5) is 10.6. The van der Waals surface area contributed by atoms with E-state index in [1.165, 1.54) is 6.07 Å². The summed E-state index contributed by atoms with van der Waals surface area (Å²) in [5.41, 5.74) is 1.29. The third kappa shape index (κ3) is 3.85. The second kappa shape index (κ2) is 6.43. The van der Waals surface area contributed by atoms with Crippen LogP contribution >= 0.6 is 39.1 Å². The third-order valence-corrected chi connectivity index (χ3v) is 3.49. The standard InChI is InChI=1S/C13H9BrCl2N2O2/c14-9-1-2-12(13(5-9)18(19)20)17-7-8-3-10(15)6-11(16)4-8/h1-6,17H,7H2. The van der Waals surface area contributed by atoms with Gasteiger partial charge < -0.3 is 5.32 Å². The number of nitrogens with zero attached hydrogens (tertiary/aromatic N) is 1. The molecule has 0 amide bonds. The molecule has 0 unspecified atom stereocenters. The lowest BCUT2D eigenvalue weighted by atomic mass is 10.2. The van der Waals surface area contributed by atoms with Gasteiger partial charge in [0.15, 0.2) is 0 Å². The van der Waals surface area contributed by atoms with Crippen LogP contribution in [0.25, 0.3) is 0 Å². The summed E-state index contributed by atoms with van der Waals surface area (Å²) in [6, 6.07) is 9.98. The Labute approximate surface area is 134 Å². The first kappa shape index (κ1) is 15.1. The predicted octanol–water partition coefficient (Wildman–Crippen LogP) is 5.28. The van der Waals surface area contributed by atoms with E-state index in [1.54, 1.807) is 30.3 Å². The summed E-state index contributed by atoms with van der Waals surface area (Å²) in [5, 5.41) is 15.1. The maximum Gasteiger partial charge on any atom is 0.293 e. The molecule has 0 heterocycles. The van der Waals surface area contributed by atoms with Crippen LogP contribution in [-0.4, -0.2) is 4.92 Å². The second-order valence-corrected chi connectivity index (χ2v) is 5.84. The summed E-state index contributed by atoms with van der Waals surface area (Å²) in [6.07, 6.45) is 0. The van der Waals surface area contributed by atoms with E-state index in [9.17, 15) is 10.1 Å². The molecule has 4 nitrogen and oxygen atoms in total. The van der Waals surface area contributed by atoms with Crippen molar-refractivity contribution in [3.8, 4) is 0 Å². The van der Waals surface area contributed by atoms with Gasteiger partial charge in [0, 0.05) is 27.1 Å². The molecule has 0 atom stereocenters. The van der Waals surface area contributed by atoms with Gasteiger partial charge >= 0.3 is 0 Å². The summed E-state index contributed by atoms with van der Waals surface area (Å²) in [5.74, 6) is 0. The SMILES string of the molecule is O=[N+]([O-])c1cc(Br)ccc1NCc1cc(Cl)cc(Cl)c1. The number of nitrogens with one attached hydrogen (secondary N) is 1. The van der Waals surface area contributed by atoms with E-state index in [2.05, 4.69) is 21.2 Å². The Bertz CT molecular complexity index is 645. The van der Waals surface area contributed by atoms with Crippen LogP contribution in [0, 0.1) is 10.1 Å². The van der Waals surface area contributed by atoms with Crippen LogP contribution < -0.4 is 5.32 Å². The fourth-order valence-corrected chi connectivity index (χ4v) is 2.64. The molecule has 7 heteroatoms. The summed E-state index contributed by atoms with van der Waals surface area (Å²) in [7, 11) is 0. The maximum atomic E-state index is 11.0. The van der Waals surface area contributed by atoms with Gasteiger partial charge in [-0.1, -0.05) is 39.1 Å². The molecule has 0 aliphatic rings. The quantitative estimate of drug-likeness (QED) is 0.584. The average molecular weight is 376 g/mol. The van der Waals surface area contributed by atoms with Crippen molar-refractivity contribution in [1.29, 1.82) is 0 Å². The molecule has 1 N–H and O–H groups in total. The smallest absolute Gasteiger partial charge is 0.293 e. The van der Waals surface area contributed by atoms with Crippen molar-refractivity contribution in [1.82, 2.24) is 0 Å². The van der Waals surface area contributed by atoms with E-state index in [0.29, 0.717) is 26.8 Å². The van der Waals surface area contributed by atoms with Gasteiger partial charge in [-0.3, -0.25) is 10.1 Å². The van der Waals surface area contributed by atoms with E-state index in [4.69, 9.17) is 23.2 Å². The van der Waals surface area contributed by atoms with Gasteiger partial charge in [-0.05, 0) is 35.9 Å². The fraction of sp³-hybridized carbons (Fsp3) is 0.0769. The Morgan fingerprint density at radius 3 is 2.40 bits per heavy atom. The van der Waals surface area contributed by atoms with E-state index < -0.39 is 4.92 Å². The number of nitro groups is 1. The minimum absolute atomic E-state index is 0.00694. The monoisotopic (exact) mass is 374 g/mol. The number of benzene rings is 2. The molecule has 0 radical (unpaired) electrons. The van der Waals surface area contributed by atoms with Crippen molar-refractivity contribution in [3.63, 3.8) is 0 Å². The topological polar surface area (TPSA) is 55.2 Å². The fourth-order valence-electron chi connectivity index (χ4n) is 1.72. The highest BCUT2D eigenvalue weighted by molar-refractivity contribution is 9.10. The number of rotatable bonds is 4. The first-order valence-electron chi connectivity index (χ1n) is 5.58. The second-order valence-electron chi connectivity index (χ2n) is 4.05. The van der Waals surface area contributed by atoms with Crippen molar-refractivity contribution in [3.05, 3.63) is 66.6 Å². The van der Waals surface area contributed by atoms with Crippen molar-refractivity contribution in [2.24, 2.45) is 0 Å². The molecule has 2 rings (SSSR count). The van der Waals surface area contributed by atoms with Crippen LogP contribution in [0.4, 0.5) is 11.4 Å². The number of hydrogen-bond donors (Lipinski definition) is 1. The van der Waals surface area contributed by atoms with Crippen LogP contribution in [-0.2, 0) is 6.54 Å². The first-order valence-corrected chi connectivity index (χ1v) is 7.13. The predicted molar refractivity (Wildman–Crippen MR) is 84.6 cm³/mol. The van der Waals surface area contributed by atoms with Crippen molar-refractivity contribution >= 4 is 50.5 Å². The molecule has 2 aromatic rings. The van der Waals surface area contributed by atoms with E-state index >= 15 is 0 Å². The number of nitro benzene ring substituents is 1. The Morgan fingerprint density at radius 1 is 1.15 bits per heavy atom. The number of halogens is 3. The third-order valence-electron chi connectivity index (χ3n) is 2.56. The summed E-state index contributed by atoms with van der Waals surface area (Å²) in [6.45, 7) is 0.392. The van der Waals surface area contributed by atoms with Gasteiger partial charge in [-0.15, -0.1) is 0 Å².